The van der Waals surface area contributed by atoms with E-state index in [1.54, 1.807) is 0 Å². The SMILES string of the molecule is CCCC(C)CCCCCCCCCCCCC1=NC(C)(C)CO1. The van der Waals surface area contributed by atoms with Gasteiger partial charge in [0.15, 0.2) is 5.90 Å². The third-order valence-corrected chi connectivity index (χ3v) is 5.14. The number of rotatable bonds is 15. The molecule has 1 aliphatic rings. The Morgan fingerprint density at radius 1 is 0.875 bits per heavy atom. The molecule has 0 amide bonds. The van der Waals surface area contributed by atoms with Crippen LogP contribution < -0.4 is 0 Å². The lowest BCUT2D eigenvalue weighted by Crippen LogP contribution is -2.17. The summed E-state index contributed by atoms with van der Waals surface area (Å²) in [6.45, 7) is 9.77. The number of aliphatic imine (C=N–C) groups is 1. The average Bonchev–Trinajstić information content (AvgIpc) is 2.88. The third kappa shape index (κ3) is 11.1. The van der Waals surface area contributed by atoms with Gasteiger partial charge in [0, 0.05) is 6.42 Å². The Morgan fingerprint density at radius 2 is 1.42 bits per heavy atom. The lowest BCUT2D eigenvalue weighted by molar-refractivity contribution is 0.273. The van der Waals surface area contributed by atoms with E-state index in [2.05, 4.69) is 32.7 Å². The van der Waals surface area contributed by atoms with Crippen LogP contribution in [0.4, 0.5) is 0 Å². The summed E-state index contributed by atoms with van der Waals surface area (Å²) in [5.41, 5.74) is 0.0172. The molecule has 0 bridgehead atoms. The zero-order valence-corrected chi connectivity index (χ0v) is 17.0. The number of hydrogen-bond donors (Lipinski definition) is 0. The highest BCUT2D eigenvalue weighted by Gasteiger charge is 2.25. The van der Waals surface area contributed by atoms with Gasteiger partial charge in [0.1, 0.15) is 6.61 Å². The van der Waals surface area contributed by atoms with Crippen molar-refractivity contribution < 1.29 is 4.74 Å². The molecular formula is C22H43NO. The Balaban J connectivity index is 1.78. The zero-order chi connectivity index (χ0) is 17.7. The molecule has 0 saturated carbocycles. The van der Waals surface area contributed by atoms with Crippen molar-refractivity contribution in [1.82, 2.24) is 0 Å². The maximum absolute atomic E-state index is 5.64. The van der Waals surface area contributed by atoms with E-state index in [1.807, 2.05) is 0 Å². The topological polar surface area (TPSA) is 21.6 Å². The molecular weight excluding hydrogens is 294 g/mol. The predicted octanol–water partition coefficient (Wildman–Crippen LogP) is 7.31. The van der Waals surface area contributed by atoms with Crippen LogP contribution in [0, 0.1) is 5.92 Å². The molecule has 2 heteroatoms. The van der Waals surface area contributed by atoms with Gasteiger partial charge in [-0.3, -0.25) is 0 Å². The largest absolute Gasteiger partial charge is 0.478 e. The summed E-state index contributed by atoms with van der Waals surface area (Å²) in [5, 5.41) is 0. The minimum Gasteiger partial charge on any atom is -0.478 e. The van der Waals surface area contributed by atoms with Crippen molar-refractivity contribution >= 4 is 5.90 Å². The van der Waals surface area contributed by atoms with Crippen LogP contribution in [-0.2, 0) is 4.74 Å². The summed E-state index contributed by atoms with van der Waals surface area (Å²) >= 11 is 0. The molecule has 0 aliphatic carbocycles. The third-order valence-electron chi connectivity index (χ3n) is 5.14. The van der Waals surface area contributed by atoms with E-state index < -0.39 is 0 Å². The lowest BCUT2D eigenvalue weighted by atomic mass is 9.98. The Hall–Kier alpha value is -0.530. The summed E-state index contributed by atoms with van der Waals surface area (Å²) < 4.78 is 5.64. The minimum atomic E-state index is 0.0172. The van der Waals surface area contributed by atoms with E-state index >= 15 is 0 Å². The molecule has 0 aromatic carbocycles. The van der Waals surface area contributed by atoms with Crippen LogP contribution in [0.5, 0.6) is 0 Å². The second kappa shape index (κ2) is 12.8. The fraction of sp³-hybridized carbons (Fsp3) is 0.955. The van der Waals surface area contributed by atoms with Gasteiger partial charge in [-0.05, 0) is 26.2 Å². The molecule has 1 rings (SSSR count). The predicted molar refractivity (Wildman–Crippen MR) is 107 cm³/mol. The Bertz CT molecular complexity index is 335. The average molecular weight is 338 g/mol. The van der Waals surface area contributed by atoms with Crippen molar-refractivity contribution in [1.29, 1.82) is 0 Å². The van der Waals surface area contributed by atoms with Crippen LogP contribution in [0.15, 0.2) is 4.99 Å². The summed E-state index contributed by atoms with van der Waals surface area (Å²) in [7, 11) is 0. The maximum Gasteiger partial charge on any atom is 0.183 e. The monoisotopic (exact) mass is 337 g/mol. The van der Waals surface area contributed by atoms with Gasteiger partial charge in [-0.25, -0.2) is 4.99 Å². The second-order valence-electron chi connectivity index (χ2n) is 8.57. The van der Waals surface area contributed by atoms with Gasteiger partial charge in [0.25, 0.3) is 0 Å². The van der Waals surface area contributed by atoms with Crippen molar-refractivity contribution in [3.63, 3.8) is 0 Å². The number of hydrogen-bond acceptors (Lipinski definition) is 2. The first-order valence-electron chi connectivity index (χ1n) is 10.7. The van der Waals surface area contributed by atoms with Crippen molar-refractivity contribution in [2.24, 2.45) is 10.9 Å². The molecule has 0 aromatic rings. The van der Waals surface area contributed by atoms with Crippen LogP contribution in [0.3, 0.4) is 0 Å². The Labute approximate surface area is 151 Å². The standard InChI is InChI=1S/C22H43NO/c1-5-16-20(2)17-14-12-10-8-6-7-9-11-13-15-18-21-23-22(3,4)19-24-21/h20H,5-19H2,1-4H3. The maximum atomic E-state index is 5.64. The van der Waals surface area contributed by atoms with Crippen LogP contribution >= 0.6 is 0 Å². The van der Waals surface area contributed by atoms with Gasteiger partial charge < -0.3 is 4.74 Å². The Morgan fingerprint density at radius 3 is 1.92 bits per heavy atom. The van der Waals surface area contributed by atoms with Crippen molar-refractivity contribution in [3.05, 3.63) is 0 Å². The summed E-state index contributed by atoms with van der Waals surface area (Å²) in [5.74, 6) is 1.94. The molecule has 0 radical (unpaired) electrons. The van der Waals surface area contributed by atoms with E-state index in [0.29, 0.717) is 0 Å². The van der Waals surface area contributed by atoms with Gasteiger partial charge in [0.05, 0.1) is 5.54 Å². The van der Waals surface area contributed by atoms with Gasteiger partial charge in [-0.15, -0.1) is 0 Å². The smallest absolute Gasteiger partial charge is 0.183 e. The highest BCUT2D eigenvalue weighted by molar-refractivity contribution is 5.78. The highest BCUT2D eigenvalue weighted by Crippen LogP contribution is 2.20. The summed E-state index contributed by atoms with van der Waals surface area (Å²) in [4.78, 5) is 4.62. The molecule has 2 nitrogen and oxygen atoms in total. The minimum absolute atomic E-state index is 0.0172. The van der Waals surface area contributed by atoms with Crippen molar-refractivity contribution in [2.45, 2.75) is 123 Å². The van der Waals surface area contributed by atoms with Gasteiger partial charge >= 0.3 is 0 Å². The van der Waals surface area contributed by atoms with Crippen LogP contribution in [-0.4, -0.2) is 18.0 Å². The fourth-order valence-electron chi connectivity index (χ4n) is 3.61. The molecule has 0 aromatic heterocycles. The summed E-state index contributed by atoms with van der Waals surface area (Å²) in [6.07, 6.45) is 19.3. The molecule has 1 atom stereocenters. The Kier molecular flexibility index (Phi) is 11.5. The van der Waals surface area contributed by atoms with E-state index in [4.69, 9.17) is 4.74 Å². The quantitative estimate of drug-likeness (QED) is 0.287. The molecule has 142 valence electrons. The molecule has 24 heavy (non-hydrogen) atoms. The normalized spacial score (nSPS) is 17.6. The highest BCUT2D eigenvalue weighted by atomic mass is 16.5. The van der Waals surface area contributed by atoms with Crippen LogP contribution in [0.2, 0.25) is 0 Å². The van der Waals surface area contributed by atoms with E-state index in [1.165, 1.54) is 83.5 Å². The zero-order valence-electron chi connectivity index (χ0n) is 17.0. The molecule has 0 spiro atoms. The van der Waals surface area contributed by atoms with Crippen LogP contribution in [0.1, 0.15) is 118 Å². The molecule has 1 aliphatic heterocycles. The van der Waals surface area contributed by atoms with E-state index in [0.717, 1.165) is 24.8 Å². The van der Waals surface area contributed by atoms with Gasteiger partial charge in [-0.2, -0.15) is 0 Å². The molecule has 1 unspecified atom stereocenters. The van der Waals surface area contributed by atoms with Gasteiger partial charge in [0.2, 0.25) is 0 Å². The van der Waals surface area contributed by atoms with E-state index in [-0.39, 0.29) is 5.54 Å². The van der Waals surface area contributed by atoms with Crippen molar-refractivity contribution in [2.75, 3.05) is 6.61 Å². The number of unbranched alkanes of at least 4 members (excludes halogenated alkanes) is 9. The van der Waals surface area contributed by atoms with Gasteiger partial charge in [-0.1, -0.05) is 90.9 Å². The summed E-state index contributed by atoms with van der Waals surface area (Å²) in [6, 6.07) is 0. The second-order valence-corrected chi connectivity index (χ2v) is 8.57. The molecule has 0 saturated heterocycles. The number of nitrogens with zero attached hydrogens (tertiary/aromatic N) is 1. The molecule has 0 fully saturated rings. The lowest BCUT2D eigenvalue weighted by Gasteiger charge is -2.09. The first kappa shape index (κ1) is 21.5. The first-order valence-corrected chi connectivity index (χ1v) is 10.7. The van der Waals surface area contributed by atoms with Crippen molar-refractivity contribution in [3.8, 4) is 0 Å². The first-order chi connectivity index (χ1) is 11.5. The molecule has 0 N–H and O–H groups in total. The van der Waals surface area contributed by atoms with Crippen LogP contribution in [0.25, 0.3) is 0 Å². The number of ether oxygens (including phenoxy) is 1. The fourth-order valence-corrected chi connectivity index (χ4v) is 3.61. The molecule has 1 heterocycles. The van der Waals surface area contributed by atoms with E-state index in [9.17, 15) is 0 Å².